The van der Waals surface area contributed by atoms with E-state index in [4.69, 9.17) is 4.52 Å². The highest BCUT2D eigenvalue weighted by atomic mass is 16.5. The monoisotopic (exact) mass is 182 g/mol. The molecule has 72 valence electrons. The second kappa shape index (κ2) is 4.74. The zero-order chi connectivity index (χ0) is 9.68. The zero-order valence-electron chi connectivity index (χ0n) is 8.04. The molecule has 1 aromatic rings. The van der Waals surface area contributed by atoms with Gasteiger partial charge in [0.2, 0.25) is 5.89 Å². The third-order valence-corrected chi connectivity index (χ3v) is 1.73. The number of nitrogens with zero attached hydrogens (tertiary/aromatic N) is 2. The minimum atomic E-state index is 0.131. The van der Waals surface area contributed by atoms with Gasteiger partial charge in [-0.15, -0.1) is 0 Å². The number of ketones is 1. The quantitative estimate of drug-likeness (QED) is 0.693. The van der Waals surface area contributed by atoms with Crippen LogP contribution in [0.5, 0.6) is 0 Å². The molecule has 0 atom stereocenters. The van der Waals surface area contributed by atoms with Gasteiger partial charge >= 0.3 is 0 Å². The van der Waals surface area contributed by atoms with Crippen molar-refractivity contribution in [2.45, 2.75) is 39.5 Å². The summed E-state index contributed by atoms with van der Waals surface area (Å²) in [7, 11) is 0. The van der Waals surface area contributed by atoms with Crippen molar-refractivity contribution in [3.63, 3.8) is 0 Å². The van der Waals surface area contributed by atoms with Gasteiger partial charge < -0.3 is 4.52 Å². The molecule has 0 saturated carbocycles. The van der Waals surface area contributed by atoms with Crippen molar-refractivity contribution in [1.29, 1.82) is 0 Å². The van der Waals surface area contributed by atoms with E-state index < -0.39 is 0 Å². The molecule has 0 fully saturated rings. The van der Waals surface area contributed by atoms with Gasteiger partial charge in [-0.05, 0) is 6.42 Å². The third-order valence-electron chi connectivity index (χ3n) is 1.73. The van der Waals surface area contributed by atoms with Gasteiger partial charge in [0.05, 0.1) is 6.42 Å². The fraction of sp³-hybridized carbons (Fsp3) is 0.667. The van der Waals surface area contributed by atoms with Gasteiger partial charge in [-0.1, -0.05) is 19.0 Å². The molecule has 0 spiro atoms. The summed E-state index contributed by atoms with van der Waals surface area (Å²) in [6, 6.07) is 0. The first kappa shape index (κ1) is 9.89. The molecule has 1 heterocycles. The Morgan fingerprint density at radius 3 is 2.85 bits per heavy atom. The summed E-state index contributed by atoms with van der Waals surface area (Å²) in [6.07, 6.45) is 2.59. The lowest BCUT2D eigenvalue weighted by atomic mass is 10.2. The number of carbonyl (C=O) groups excluding carboxylic acids is 1. The normalized spacial score (nSPS) is 10.3. The molecule has 0 aliphatic rings. The molecule has 0 aliphatic carbocycles. The molecule has 4 heteroatoms. The fourth-order valence-corrected chi connectivity index (χ4v) is 0.981. The number of rotatable bonds is 5. The molecule has 0 bridgehead atoms. The summed E-state index contributed by atoms with van der Waals surface area (Å²) in [5.74, 6) is 1.27. The summed E-state index contributed by atoms with van der Waals surface area (Å²) in [5.41, 5.74) is 0. The summed E-state index contributed by atoms with van der Waals surface area (Å²) in [4.78, 5) is 15.1. The number of hydrogen-bond acceptors (Lipinski definition) is 4. The van der Waals surface area contributed by atoms with Gasteiger partial charge in [0.1, 0.15) is 5.78 Å². The van der Waals surface area contributed by atoms with Gasteiger partial charge in [0.25, 0.3) is 0 Å². The van der Waals surface area contributed by atoms with Crippen LogP contribution in [0, 0.1) is 0 Å². The van der Waals surface area contributed by atoms with Crippen LogP contribution in [-0.4, -0.2) is 15.9 Å². The SMILES string of the molecule is CCCc1noc(CC(=O)CC)n1. The van der Waals surface area contributed by atoms with Crippen molar-refractivity contribution in [3.05, 3.63) is 11.7 Å². The van der Waals surface area contributed by atoms with Crippen LogP contribution in [0.15, 0.2) is 4.52 Å². The van der Waals surface area contributed by atoms with Crippen molar-refractivity contribution in [3.8, 4) is 0 Å². The van der Waals surface area contributed by atoms with Crippen LogP contribution in [0.25, 0.3) is 0 Å². The molecule has 0 radical (unpaired) electrons. The Labute approximate surface area is 77.3 Å². The Kier molecular flexibility index (Phi) is 3.61. The molecule has 1 rings (SSSR count). The Hall–Kier alpha value is -1.19. The maximum Gasteiger partial charge on any atom is 0.234 e. The minimum absolute atomic E-state index is 0.131. The first-order chi connectivity index (χ1) is 6.26. The standard InChI is InChI=1S/C9H14N2O2/c1-3-5-8-10-9(13-11-8)6-7(12)4-2/h3-6H2,1-2H3. The second-order valence-electron chi connectivity index (χ2n) is 2.92. The molecule has 1 aromatic heterocycles. The number of aromatic nitrogens is 2. The Bertz CT molecular complexity index is 281. The minimum Gasteiger partial charge on any atom is -0.339 e. The Balaban J connectivity index is 2.53. The molecular formula is C9H14N2O2. The topological polar surface area (TPSA) is 56.0 Å². The second-order valence-corrected chi connectivity index (χ2v) is 2.92. The van der Waals surface area contributed by atoms with E-state index in [0.29, 0.717) is 18.1 Å². The van der Waals surface area contributed by atoms with Crippen LogP contribution in [0.2, 0.25) is 0 Å². The predicted molar refractivity (Wildman–Crippen MR) is 47.3 cm³/mol. The van der Waals surface area contributed by atoms with E-state index in [1.165, 1.54) is 0 Å². The Morgan fingerprint density at radius 2 is 2.23 bits per heavy atom. The number of Topliss-reactive ketones (excluding diaryl/α,β-unsaturated/α-hetero) is 1. The summed E-state index contributed by atoms with van der Waals surface area (Å²) in [6.45, 7) is 3.87. The zero-order valence-corrected chi connectivity index (χ0v) is 8.04. The first-order valence-electron chi connectivity index (χ1n) is 4.59. The predicted octanol–water partition coefficient (Wildman–Crippen LogP) is 1.54. The summed E-state index contributed by atoms with van der Waals surface area (Å²) in [5, 5.41) is 3.75. The maximum atomic E-state index is 11.0. The lowest BCUT2D eigenvalue weighted by molar-refractivity contribution is -0.118. The van der Waals surface area contributed by atoms with Gasteiger partial charge in [0, 0.05) is 12.8 Å². The molecule has 0 unspecified atom stereocenters. The van der Waals surface area contributed by atoms with Crippen LogP contribution in [0.1, 0.15) is 38.4 Å². The average molecular weight is 182 g/mol. The van der Waals surface area contributed by atoms with Crippen LogP contribution >= 0.6 is 0 Å². The smallest absolute Gasteiger partial charge is 0.234 e. The van der Waals surface area contributed by atoms with E-state index in [0.717, 1.165) is 12.8 Å². The van der Waals surface area contributed by atoms with Gasteiger partial charge in [-0.25, -0.2) is 0 Å². The Morgan fingerprint density at radius 1 is 1.46 bits per heavy atom. The molecule has 0 saturated heterocycles. The van der Waals surface area contributed by atoms with Crippen LogP contribution in [-0.2, 0) is 17.6 Å². The van der Waals surface area contributed by atoms with E-state index in [1.807, 2.05) is 13.8 Å². The molecule has 13 heavy (non-hydrogen) atoms. The maximum absolute atomic E-state index is 11.0. The van der Waals surface area contributed by atoms with Crippen molar-refractivity contribution in [2.75, 3.05) is 0 Å². The van der Waals surface area contributed by atoms with Gasteiger partial charge in [0.15, 0.2) is 5.82 Å². The highest BCUT2D eigenvalue weighted by Crippen LogP contribution is 2.02. The van der Waals surface area contributed by atoms with Crippen molar-refractivity contribution in [2.24, 2.45) is 0 Å². The van der Waals surface area contributed by atoms with Crippen molar-refractivity contribution in [1.82, 2.24) is 10.1 Å². The van der Waals surface area contributed by atoms with Crippen LogP contribution in [0.4, 0.5) is 0 Å². The highest BCUT2D eigenvalue weighted by Gasteiger charge is 2.08. The largest absolute Gasteiger partial charge is 0.339 e. The number of carbonyl (C=O) groups is 1. The fourth-order valence-electron chi connectivity index (χ4n) is 0.981. The highest BCUT2D eigenvalue weighted by molar-refractivity contribution is 5.79. The molecule has 4 nitrogen and oxygen atoms in total. The molecule has 0 amide bonds. The first-order valence-corrected chi connectivity index (χ1v) is 4.59. The van der Waals surface area contributed by atoms with E-state index >= 15 is 0 Å². The van der Waals surface area contributed by atoms with Crippen molar-refractivity contribution >= 4 is 5.78 Å². The number of hydrogen-bond donors (Lipinski definition) is 0. The summed E-state index contributed by atoms with van der Waals surface area (Å²) < 4.78 is 4.91. The lowest BCUT2D eigenvalue weighted by Crippen LogP contribution is -2.00. The van der Waals surface area contributed by atoms with Gasteiger partial charge in [-0.2, -0.15) is 4.98 Å². The molecule has 0 aliphatic heterocycles. The van der Waals surface area contributed by atoms with Crippen LogP contribution in [0.3, 0.4) is 0 Å². The van der Waals surface area contributed by atoms with Gasteiger partial charge in [-0.3, -0.25) is 4.79 Å². The summed E-state index contributed by atoms with van der Waals surface area (Å²) >= 11 is 0. The van der Waals surface area contributed by atoms with E-state index in [2.05, 4.69) is 10.1 Å². The molecule has 0 N–H and O–H groups in total. The molecule has 0 aromatic carbocycles. The lowest BCUT2D eigenvalue weighted by Gasteiger charge is -1.88. The van der Waals surface area contributed by atoms with E-state index in [1.54, 1.807) is 0 Å². The van der Waals surface area contributed by atoms with E-state index in [9.17, 15) is 4.79 Å². The third kappa shape index (κ3) is 2.97. The average Bonchev–Trinajstić information content (AvgIpc) is 2.53. The molecular weight excluding hydrogens is 168 g/mol. The van der Waals surface area contributed by atoms with Crippen LogP contribution < -0.4 is 0 Å². The van der Waals surface area contributed by atoms with Crippen molar-refractivity contribution < 1.29 is 9.32 Å². The van der Waals surface area contributed by atoms with E-state index in [-0.39, 0.29) is 12.2 Å². The number of aryl methyl sites for hydroxylation is 1.